The Hall–Kier alpha value is -1.39. The number of piperazine rings is 1. The third kappa shape index (κ3) is 6.31. The maximum atomic E-state index is 12.3. The molecule has 2 aliphatic heterocycles. The zero-order valence-corrected chi connectivity index (χ0v) is 19.3. The molecule has 2 saturated heterocycles. The highest BCUT2D eigenvalue weighted by Gasteiger charge is 2.31. The topological polar surface area (TPSA) is 63.2 Å². The van der Waals surface area contributed by atoms with E-state index in [0.29, 0.717) is 13.0 Å². The van der Waals surface area contributed by atoms with E-state index in [4.69, 9.17) is 0 Å². The molecule has 3 rings (SSSR count). The van der Waals surface area contributed by atoms with Crippen molar-refractivity contribution in [3.8, 4) is 0 Å². The number of amides is 1. The number of hydrogen-bond acceptors (Lipinski definition) is 4. The number of halogens is 1. The van der Waals surface area contributed by atoms with Gasteiger partial charge in [0.1, 0.15) is 0 Å². The van der Waals surface area contributed by atoms with Crippen molar-refractivity contribution in [2.45, 2.75) is 19.4 Å². The van der Waals surface area contributed by atoms with E-state index in [-0.39, 0.29) is 35.9 Å². The Kier molecular flexibility index (Phi) is 9.46. The highest BCUT2D eigenvalue weighted by atomic mass is 127. The fourth-order valence-electron chi connectivity index (χ4n) is 3.71. The quantitative estimate of drug-likeness (QED) is 0.350. The number of rotatable bonds is 6. The molecule has 2 aliphatic rings. The number of guanidine groups is 1. The van der Waals surface area contributed by atoms with Crippen LogP contribution in [0.4, 0.5) is 5.69 Å². The molecule has 0 saturated carbocycles. The largest absolute Gasteiger partial charge is 0.355 e. The molecule has 8 heteroatoms. The van der Waals surface area contributed by atoms with Crippen molar-refractivity contribution in [2.24, 2.45) is 4.99 Å². The van der Waals surface area contributed by atoms with E-state index in [1.165, 1.54) is 0 Å². The van der Waals surface area contributed by atoms with E-state index in [0.717, 1.165) is 57.5 Å². The molecule has 1 aromatic carbocycles. The second kappa shape index (κ2) is 11.6. The van der Waals surface area contributed by atoms with Gasteiger partial charge in [0.05, 0.1) is 6.04 Å². The summed E-state index contributed by atoms with van der Waals surface area (Å²) in [5, 5.41) is 6.79. The molecule has 2 heterocycles. The van der Waals surface area contributed by atoms with Crippen LogP contribution in [0.25, 0.3) is 0 Å². The monoisotopic (exact) mass is 500 g/mol. The number of aliphatic imine (C=N–C) groups is 1. The van der Waals surface area contributed by atoms with Crippen molar-refractivity contribution >= 4 is 41.5 Å². The van der Waals surface area contributed by atoms with E-state index in [9.17, 15) is 4.79 Å². The first-order valence-electron chi connectivity index (χ1n) is 9.97. The summed E-state index contributed by atoms with van der Waals surface area (Å²) in [4.78, 5) is 23.5. The average Bonchev–Trinajstić information content (AvgIpc) is 3.08. The number of nitrogens with zero attached hydrogens (tertiary/aromatic N) is 4. The van der Waals surface area contributed by atoms with Gasteiger partial charge < -0.3 is 20.4 Å². The first kappa shape index (κ1) is 22.9. The lowest BCUT2D eigenvalue weighted by molar-refractivity contribution is -0.117. The minimum atomic E-state index is 0. The van der Waals surface area contributed by atoms with Gasteiger partial charge in [0.2, 0.25) is 5.91 Å². The summed E-state index contributed by atoms with van der Waals surface area (Å²) in [5.41, 5.74) is 0.959. The minimum Gasteiger partial charge on any atom is -0.355 e. The van der Waals surface area contributed by atoms with E-state index in [1.54, 1.807) is 7.05 Å². The predicted molar refractivity (Wildman–Crippen MR) is 126 cm³/mol. The van der Waals surface area contributed by atoms with E-state index in [2.05, 4.69) is 32.3 Å². The highest BCUT2D eigenvalue weighted by Crippen LogP contribution is 2.20. The number of carbonyl (C=O) groups is 1. The molecule has 0 aromatic heterocycles. The Morgan fingerprint density at radius 3 is 2.46 bits per heavy atom. The third-order valence-electron chi connectivity index (χ3n) is 5.39. The van der Waals surface area contributed by atoms with E-state index in [1.807, 2.05) is 35.2 Å². The number of benzene rings is 1. The molecule has 28 heavy (non-hydrogen) atoms. The number of carbonyl (C=O) groups excluding carboxylic acids is 1. The molecule has 0 spiro atoms. The number of anilines is 1. The number of nitrogens with one attached hydrogen (secondary N) is 2. The van der Waals surface area contributed by atoms with Crippen LogP contribution in [-0.2, 0) is 4.79 Å². The molecule has 0 radical (unpaired) electrons. The first-order chi connectivity index (χ1) is 13.2. The van der Waals surface area contributed by atoms with Crippen molar-refractivity contribution in [2.75, 3.05) is 64.3 Å². The molecule has 1 unspecified atom stereocenters. The summed E-state index contributed by atoms with van der Waals surface area (Å²) in [6.45, 7) is 10.5. The predicted octanol–water partition coefficient (Wildman–Crippen LogP) is 1.21. The van der Waals surface area contributed by atoms with Crippen LogP contribution in [0.2, 0.25) is 0 Å². The number of hydrogen-bond donors (Lipinski definition) is 2. The van der Waals surface area contributed by atoms with Crippen LogP contribution in [0, 0.1) is 0 Å². The molecule has 156 valence electrons. The summed E-state index contributed by atoms with van der Waals surface area (Å²) in [5.74, 6) is 0.929. The molecule has 1 amide bonds. The van der Waals surface area contributed by atoms with Gasteiger partial charge >= 0.3 is 0 Å². The fraction of sp³-hybridized carbons (Fsp3) is 0.600. The molecular weight excluding hydrogens is 467 g/mol. The van der Waals surface area contributed by atoms with Crippen LogP contribution in [-0.4, -0.2) is 87.1 Å². The summed E-state index contributed by atoms with van der Waals surface area (Å²) < 4.78 is 0. The number of para-hydroxylation sites is 1. The van der Waals surface area contributed by atoms with Gasteiger partial charge in [-0.3, -0.25) is 14.7 Å². The lowest BCUT2D eigenvalue weighted by Crippen LogP contribution is -2.50. The molecule has 0 aliphatic carbocycles. The highest BCUT2D eigenvalue weighted by molar-refractivity contribution is 14.0. The maximum absolute atomic E-state index is 12.3. The van der Waals surface area contributed by atoms with Crippen molar-refractivity contribution in [1.82, 2.24) is 20.4 Å². The Labute approximate surface area is 185 Å². The van der Waals surface area contributed by atoms with Gasteiger partial charge in [-0.1, -0.05) is 25.1 Å². The molecule has 1 aromatic rings. The standard InChI is InChI=1S/C20H32N6O.HI/c1-3-24-11-13-25(14-12-24)10-9-22-20(21-2)23-17-15-19(27)26(16-17)18-7-5-4-6-8-18;/h4-8,17H,3,9-16H2,1-2H3,(H2,21,22,23);1H. The van der Waals surface area contributed by atoms with Gasteiger partial charge in [0.25, 0.3) is 0 Å². The smallest absolute Gasteiger partial charge is 0.229 e. The summed E-state index contributed by atoms with van der Waals surface area (Å²) in [6, 6.07) is 9.93. The van der Waals surface area contributed by atoms with Gasteiger partial charge in [-0.2, -0.15) is 0 Å². The molecule has 0 bridgehead atoms. The molecule has 1 atom stereocenters. The lowest BCUT2D eigenvalue weighted by Gasteiger charge is -2.34. The lowest BCUT2D eigenvalue weighted by atomic mass is 10.2. The summed E-state index contributed by atoms with van der Waals surface area (Å²) >= 11 is 0. The second-order valence-electron chi connectivity index (χ2n) is 7.16. The molecular formula is C20H33IN6O. The minimum absolute atomic E-state index is 0. The summed E-state index contributed by atoms with van der Waals surface area (Å²) in [6.07, 6.45) is 0.495. The van der Waals surface area contributed by atoms with Crippen LogP contribution in [0.5, 0.6) is 0 Å². The molecule has 2 N–H and O–H groups in total. The van der Waals surface area contributed by atoms with Crippen LogP contribution in [0.1, 0.15) is 13.3 Å². The van der Waals surface area contributed by atoms with Gasteiger partial charge in [-0.05, 0) is 18.7 Å². The Morgan fingerprint density at radius 2 is 1.82 bits per heavy atom. The zero-order chi connectivity index (χ0) is 19.1. The van der Waals surface area contributed by atoms with Crippen LogP contribution in [0.3, 0.4) is 0 Å². The number of likely N-dealkylation sites (N-methyl/N-ethyl adjacent to an activating group) is 1. The normalized spacial score (nSPS) is 21.5. The maximum Gasteiger partial charge on any atom is 0.229 e. The average molecular weight is 500 g/mol. The van der Waals surface area contributed by atoms with E-state index >= 15 is 0 Å². The van der Waals surface area contributed by atoms with Gasteiger partial charge in [0.15, 0.2) is 5.96 Å². The van der Waals surface area contributed by atoms with Crippen molar-refractivity contribution in [3.05, 3.63) is 30.3 Å². The van der Waals surface area contributed by atoms with Gasteiger partial charge in [-0.25, -0.2) is 0 Å². The van der Waals surface area contributed by atoms with E-state index < -0.39 is 0 Å². The third-order valence-corrected chi connectivity index (χ3v) is 5.39. The van der Waals surface area contributed by atoms with Crippen LogP contribution < -0.4 is 15.5 Å². The Balaban J connectivity index is 0.00000280. The zero-order valence-electron chi connectivity index (χ0n) is 16.9. The summed E-state index contributed by atoms with van der Waals surface area (Å²) in [7, 11) is 1.78. The van der Waals surface area contributed by atoms with Gasteiger partial charge in [0, 0.05) is 65.0 Å². The second-order valence-corrected chi connectivity index (χ2v) is 7.16. The van der Waals surface area contributed by atoms with Crippen LogP contribution >= 0.6 is 24.0 Å². The molecule has 2 fully saturated rings. The van der Waals surface area contributed by atoms with Crippen molar-refractivity contribution < 1.29 is 4.79 Å². The van der Waals surface area contributed by atoms with Crippen LogP contribution in [0.15, 0.2) is 35.3 Å². The Bertz CT molecular complexity index is 633. The SMILES string of the molecule is CCN1CCN(CCNC(=NC)NC2CC(=O)N(c3ccccc3)C2)CC1.I. The molecule has 7 nitrogen and oxygen atoms in total. The van der Waals surface area contributed by atoms with Gasteiger partial charge in [-0.15, -0.1) is 24.0 Å². The Morgan fingerprint density at radius 1 is 1.14 bits per heavy atom. The van der Waals surface area contributed by atoms with Crippen molar-refractivity contribution in [3.63, 3.8) is 0 Å². The van der Waals surface area contributed by atoms with Crippen molar-refractivity contribution in [1.29, 1.82) is 0 Å². The first-order valence-corrected chi connectivity index (χ1v) is 9.97. The fourth-order valence-corrected chi connectivity index (χ4v) is 3.71.